The molecule has 0 radical (unpaired) electrons. The van der Waals surface area contributed by atoms with E-state index in [2.05, 4.69) is 15.9 Å². The lowest BCUT2D eigenvalue weighted by Gasteiger charge is -2.12. The molecule has 2 amide bonds. The van der Waals surface area contributed by atoms with Crippen LogP contribution in [0, 0.1) is 6.92 Å². The predicted molar refractivity (Wildman–Crippen MR) is 138 cm³/mol. The van der Waals surface area contributed by atoms with Crippen molar-refractivity contribution in [3.8, 4) is 11.5 Å². The van der Waals surface area contributed by atoms with E-state index in [1.54, 1.807) is 18.2 Å². The third kappa shape index (κ3) is 5.77. The van der Waals surface area contributed by atoms with Crippen LogP contribution in [0.4, 0.5) is 4.79 Å². The Labute approximate surface area is 216 Å². The lowest BCUT2D eigenvalue weighted by Crippen LogP contribution is -2.27. The van der Waals surface area contributed by atoms with Crippen molar-refractivity contribution in [2.75, 3.05) is 7.11 Å². The van der Waals surface area contributed by atoms with Crippen LogP contribution in [0.25, 0.3) is 6.08 Å². The van der Waals surface area contributed by atoms with Gasteiger partial charge in [0.1, 0.15) is 10.6 Å². The molecule has 10 heteroatoms. The zero-order valence-corrected chi connectivity index (χ0v) is 21.9. The van der Waals surface area contributed by atoms with Crippen LogP contribution < -0.4 is 8.92 Å². The van der Waals surface area contributed by atoms with Gasteiger partial charge in [-0.2, -0.15) is 8.42 Å². The Bertz CT molecular complexity index is 1420. The third-order valence-corrected chi connectivity index (χ3v) is 7.91. The van der Waals surface area contributed by atoms with Crippen molar-refractivity contribution in [1.82, 2.24) is 4.90 Å². The molecule has 7 nitrogen and oxygen atoms in total. The molecule has 4 rings (SSSR count). The highest BCUT2D eigenvalue weighted by atomic mass is 79.9. The topological polar surface area (TPSA) is 90.0 Å². The number of ether oxygens (including phenoxy) is 1. The standard InChI is InChI=1S/C25H20BrNO6S2/c1-16-3-5-17(6-4-16)15-27-24(28)23(34-25(27)29)14-18-7-12-22(21(26)13-18)33-35(30,31)20-10-8-19(32-2)9-11-20/h3-14H,15H2,1-2H3/b23-14-. The quantitative estimate of drug-likeness (QED) is 0.262. The van der Waals surface area contributed by atoms with E-state index < -0.39 is 10.1 Å². The molecule has 1 aliphatic rings. The van der Waals surface area contributed by atoms with E-state index in [4.69, 9.17) is 8.92 Å². The summed E-state index contributed by atoms with van der Waals surface area (Å²) in [6.07, 6.45) is 1.59. The normalized spacial score (nSPS) is 15.1. The maximum atomic E-state index is 12.8. The van der Waals surface area contributed by atoms with Gasteiger partial charge in [-0.15, -0.1) is 0 Å². The highest BCUT2D eigenvalue weighted by molar-refractivity contribution is 9.10. The number of rotatable bonds is 7. The SMILES string of the molecule is COc1ccc(S(=O)(=O)Oc2ccc(/C=C3\SC(=O)N(Cc4ccc(C)cc4)C3=O)cc2Br)cc1. The Kier molecular flexibility index (Phi) is 7.34. The summed E-state index contributed by atoms with van der Waals surface area (Å²) < 4.78 is 35.9. The highest BCUT2D eigenvalue weighted by Crippen LogP contribution is 2.35. The first-order chi connectivity index (χ1) is 16.7. The van der Waals surface area contributed by atoms with Crippen LogP contribution in [0.3, 0.4) is 0 Å². The van der Waals surface area contributed by atoms with Gasteiger partial charge in [-0.1, -0.05) is 35.9 Å². The van der Waals surface area contributed by atoms with Gasteiger partial charge in [0.2, 0.25) is 0 Å². The summed E-state index contributed by atoms with van der Waals surface area (Å²) >= 11 is 4.19. The Balaban J connectivity index is 1.50. The number of hydrogen-bond acceptors (Lipinski definition) is 7. The summed E-state index contributed by atoms with van der Waals surface area (Å²) in [7, 11) is -2.57. The zero-order chi connectivity index (χ0) is 25.2. The molecule has 0 unspecified atom stereocenters. The van der Waals surface area contributed by atoms with Crippen LogP contribution in [-0.4, -0.2) is 31.6 Å². The number of nitrogens with zero attached hydrogens (tertiary/aromatic N) is 1. The Morgan fingerprint density at radius 3 is 2.31 bits per heavy atom. The second-order valence-electron chi connectivity index (χ2n) is 7.66. The fraction of sp³-hybridized carbons (Fsp3) is 0.120. The smallest absolute Gasteiger partial charge is 0.339 e. The van der Waals surface area contributed by atoms with Crippen molar-refractivity contribution in [2.45, 2.75) is 18.4 Å². The lowest BCUT2D eigenvalue weighted by atomic mass is 10.1. The van der Waals surface area contributed by atoms with Crippen LogP contribution in [0.1, 0.15) is 16.7 Å². The first-order valence-electron chi connectivity index (χ1n) is 10.4. The first kappa shape index (κ1) is 25.0. The molecule has 1 fully saturated rings. The maximum absolute atomic E-state index is 12.8. The zero-order valence-electron chi connectivity index (χ0n) is 18.7. The van der Waals surface area contributed by atoms with Crippen molar-refractivity contribution < 1.29 is 26.9 Å². The number of methoxy groups -OCH3 is 1. The van der Waals surface area contributed by atoms with Crippen molar-refractivity contribution in [3.63, 3.8) is 0 Å². The molecule has 180 valence electrons. The molecule has 1 heterocycles. The summed E-state index contributed by atoms with van der Waals surface area (Å²) in [5.41, 5.74) is 2.56. The molecule has 35 heavy (non-hydrogen) atoms. The molecule has 0 saturated carbocycles. The van der Waals surface area contributed by atoms with Gasteiger partial charge in [-0.25, -0.2) is 0 Å². The van der Waals surface area contributed by atoms with Gasteiger partial charge in [0.15, 0.2) is 5.75 Å². The fourth-order valence-electron chi connectivity index (χ4n) is 3.25. The molecule has 0 aliphatic carbocycles. The summed E-state index contributed by atoms with van der Waals surface area (Å²) in [5.74, 6) is 0.238. The second-order valence-corrected chi connectivity index (χ2v) is 11.1. The van der Waals surface area contributed by atoms with Crippen LogP contribution in [0.2, 0.25) is 0 Å². The number of aryl methyl sites for hydroxylation is 1. The summed E-state index contributed by atoms with van der Waals surface area (Å²) in [6, 6.07) is 18.2. The van der Waals surface area contributed by atoms with E-state index in [9.17, 15) is 18.0 Å². The number of carbonyl (C=O) groups excluding carboxylic acids is 2. The van der Waals surface area contributed by atoms with E-state index in [1.807, 2.05) is 31.2 Å². The molecule has 1 saturated heterocycles. The molecular weight excluding hydrogens is 554 g/mol. The van der Waals surface area contributed by atoms with Gasteiger partial charge in [0.05, 0.1) is 23.0 Å². The number of carbonyl (C=O) groups is 2. The molecule has 3 aromatic carbocycles. The first-order valence-corrected chi connectivity index (χ1v) is 13.4. The number of benzene rings is 3. The van der Waals surface area contributed by atoms with Crippen LogP contribution >= 0.6 is 27.7 Å². The van der Waals surface area contributed by atoms with Gasteiger partial charge >= 0.3 is 10.1 Å². The Morgan fingerprint density at radius 2 is 1.69 bits per heavy atom. The molecule has 1 aliphatic heterocycles. The predicted octanol–water partition coefficient (Wildman–Crippen LogP) is 5.77. The fourth-order valence-corrected chi connectivity index (χ4v) is 5.62. The van der Waals surface area contributed by atoms with Crippen molar-refractivity contribution in [2.24, 2.45) is 0 Å². The molecular formula is C25H20BrNO6S2. The monoisotopic (exact) mass is 573 g/mol. The number of amides is 2. The van der Waals surface area contributed by atoms with Gasteiger partial charge < -0.3 is 8.92 Å². The Hall–Kier alpha value is -3.08. The largest absolute Gasteiger partial charge is 0.497 e. The Morgan fingerprint density at radius 1 is 1.00 bits per heavy atom. The number of imide groups is 1. The number of halogens is 1. The minimum Gasteiger partial charge on any atom is -0.497 e. The van der Waals surface area contributed by atoms with Crippen LogP contribution in [-0.2, 0) is 21.5 Å². The third-order valence-electron chi connectivity index (χ3n) is 5.14. The van der Waals surface area contributed by atoms with E-state index in [-0.39, 0.29) is 33.2 Å². The van der Waals surface area contributed by atoms with Gasteiger partial charge in [0, 0.05) is 0 Å². The van der Waals surface area contributed by atoms with Crippen molar-refractivity contribution >= 4 is 55.0 Å². The van der Waals surface area contributed by atoms with Gasteiger partial charge in [-0.3, -0.25) is 14.5 Å². The van der Waals surface area contributed by atoms with E-state index >= 15 is 0 Å². The molecule has 0 aromatic heterocycles. The van der Waals surface area contributed by atoms with Crippen molar-refractivity contribution in [3.05, 3.63) is 92.8 Å². The minimum absolute atomic E-state index is 0.0171. The van der Waals surface area contributed by atoms with Crippen molar-refractivity contribution in [1.29, 1.82) is 0 Å². The van der Waals surface area contributed by atoms with Crippen LogP contribution in [0.5, 0.6) is 11.5 Å². The molecule has 0 bridgehead atoms. The second kappa shape index (κ2) is 10.3. The summed E-state index contributed by atoms with van der Waals surface area (Å²) in [5, 5.41) is -0.341. The number of hydrogen-bond donors (Lipinski definition) is 0. The highest BCUT2D eigenvalue weighted by Gasteiger charge is 2.35. The molecule has 0 N–H and O–H groups in total. The average Bonchev–Trinajstić information content (AvgIpc) is 3.09. The lowest BCUT2D eigenvalue weighted by molar-refractivity contribution is -0.123. The van der Waals surface area contributed by atoms with E-state index in [0.29, 0.717) is 15.8 Å². The maximum Gasteiger partial charge on any atom is 0.339 e. The van der Waals surface area contributed by atoms with Crippen LogP contribution in [0.15, 0.2) is 81.0 Å². The van der Waals surface area contributed by atoms with Gasteiger partial charge in [0.25, 0.3) is 11.1 Å². The molecule has 0 atom stereocenters. The summed E-state index contributed by atoms with van der Waals surface area (Å²) in [6.45, 7) is 2.16. The number of thioether (sulfide) groups is 1. The summed E-state index contributed by atoms with van der Waals surface area (Å²) in [4.78, 5) is 26.7. The molecule has 3 aromatic rings. The van der Waals surface area contributed by atoms with Gasteiger partial charge in [-0.05, 0) is 88.2 Å². The molecule has 0 spiro atoms. The van der Waals surface area contributed by atoms with E-state index in [0.717, 1.165) is 22.9 Å². The van der Waals surface area contributed by atoms with E-state index in [1.165, 1.54) is 42.3 Å². The minimum atomic E-state index is -4.06. The average molecular weight is 574 g/mol.